The van der Waals surface area contributed by atoms with Crippen LogP contribution in [0.2, 0.25) is 0 Å². The van der Waals surface area contributed by atoms with Crippen LogP contribution < -0.4 is 4.74 Å². The lowest BCUT2D eigenvalue weighted by Gasteiger charge is -2.22. The summed E-state index contributed by atoms with van der Waals surface area (Å²) in [5.74, 6) is 0.657. The van der Waals surface area contributed by atoms with Crippen LogP contribution in [0.1, 0.15) is 38.9 Å². The standard InChI is InChI=1S/C14H18O3/c1-4-14(2,3)13(15)17-12-9-16-11-8-6-5-7-10(11)12/h5-8,12H,4,9H2,1-3H3. The molecule has 92 valence electrons. The molecule has 1 aliphatic rings. The first-order chi connectivity index (χ1) is 8.04. The molecule has 1 aromatic rings. The van der Waals surface area contributed by atoms with Gasteiger partial charge in [-0.3, -0.25) is 4.79 Å². The number of esters is 1. The molecule has 0 N–H and O–H groups in total. The Morgan fingerprint density at radius 1 is 1.47 bits per heavy atom. The van der Waals surface area contributed by atoms with Crippen molar-refractivity contribution in [3.05, 3.63) is 29.8 Å². The number of hydrogen-bond acceptors (Lipinski definition) is 3. The minimum absolute atomic E-state index is 0.162. The Labute approximate surface area is 102 Å². The van der Waals surface area contributed by atoms with E-state index in [9.17, 15) is 4.79 Å². The Bertz CT molecular complexity index is 423. The van der Waals surface area contributed by atoms with Crippen molar-refractivity contribution in [1.82, 2.24) is 0 Å². The van der Waals surface area contributed by atoms with Gasteiger partial charge in [0.2, 0.25) is 0 Å². The largest absolute Gasteiger partial charge is 0.489 e. The van der Waals surface area contributed by atoms with Gasteiger partial charge in [0.15, 0.2) is 6.10 Å². The lowest BCUT2D eigenvalue weighted by molar-refractivity contribution is -0.160. The molecule has 0 aromatic heterocycles. The molecule has 3 heteroatoms. The van der Waals surface area contributed by atoms with E-state index in [0.29, 0.717) is 6.61 Å². The second kappa shape index (κ2) is 4.40. The highest BCUT2D eigenvalue weighted by Gasteiger charge is 2.33. The predicted molar refractivity (Wildman–Crippen MR) is 64.8 cm³/mol. The molecular formula is C14H18O3. The summed E-state index contributed by atoms with van der Waals surface area (Å²) in [5, 5.41) is 0. The van der Waals surface area contributed by atoms with Crippen LogP contribution in [-0.2, 0) is 9.53 Å². The van der Waals surface area contributed by atoms with Gasteiger partial charge in [-0.25, -0.2) is 0 Å². The van der Waals surface area contributed by atoms with Gasteiger partial charge in [0.05, 0.1) is 5.41 Å². The molecule has 1 aliphatic heterocycles. The van der Waals surface area contributed by atoms with E-state index in [0.717, 1.165) is 17.7 Å². The van der Waals surface area contributed by atoms with Crippen LogP contribution in [0.25, 0.3) is 0 Å². The molecule has 0 aliphatic carbocycles. The van der Waals surface area contributed by atoms with Gasteiger partial charge in [-0.2, -0.15) is 0 Å². The highest BCUT2D eigenvalue weighted by molar-refractivity contribution is 5.76. The zero-order valence-corrected chi connectivity index (χ0v) is 10.5. The number of carbonyl (C=O) groups excluding carboxylic acids is 1. The molecular weight excluding hydrogens is 216 g/mol. The van der Waals surface area contributed by atoms with Gasteiger partial charge in [0.1, 0.15) is 12.4 Å². The van der Waals surface area contributed by atoms with Crippen molar-refractivity contribution in [1.29, 1.82) is 0 Å². The summed E-state index contributed by atoms with van der Waals surface area (Å²) in [6, 6.07) is 7.69. The zero-order chi connectivity index (χ0) is 12.5. The molecule has 0 amide bonds. The first-order valence-corrected chi connectivity index (χ1v) is 5.97. The molecule has 0 bridgehead atoms. The molecule has 0 fully saturated rings. The van der Waals surface area contributed by atoms with E-state index in [-0.39, 0.29) is 12.1 Å². The fourth-order valence-corrected chi connectivity index (χ4v) is 1.66. The van der Waals surface area contributed by atoms with Gasteiger partial charge < -0.3 is 9.47 Å². The van der Waals surface area contributed by atoms with Gasteiger partial charge in [0, 0.05) is 5.56 Å². The Morgan fingerprint density at radius 2 is 2.18 bits per heavy atom. The van der Waals surface area contributed by atoms with Crippen molar-refractivity contribution >= 4 is 5.97 Å². The SMILES string of the molecule is CCC(C)(C)C(=O)OC1COc2ccccc21. The molecule has 1 aromatic carbocycles. The molecule has 0 saturated heterocycles. The third-order valence-corrected chi connectivity index (χ3v) is 3.34. The lowest BCUT2D eigenvalue weighted by atomic mass is 9.90. The van der Waals surface area contributed by atoms with Crippen molar-refractivity contribution in [3.8, 4) is 5.75 Å². The molecule has 1 unspecified atom stereocenters. The first kappa shape index (κ1) is 12.0. The second-order valence-electron chi connectivity index (χ2n) is 4.98. The Kier molecular flexibility index (Phi) is 3.09. The topological polar surface area (TPSA) is 35.5 Å². The maximum Gasteiger partial charge on any atom is 0.312 e. The minimum Gasteiger partial charge on any atom is -0.489 e. The van der Waals surface area contributed by atoms with E-state index >= 15 is 0 Å². The van der Waals surface area contributed by atoms with E-state index in [4.69, 9.17) is 9.47 Å². The molecule has 3 nitrogen and oxygen atoms in total. The highest BCUT2D eigenvalue weighted by Crippen LogP contribution is 2.36. The monoisotopic (exact) mass is 234 g/mol. The van der Waals surface area contributed by atoms with E-state index in [1.165, 1.54) is 0 Å². The smallest absolute Gasteiger partial charge is 0.312 e. The summed E-state index contributed by atoms with van der Waals surface area (Å²) in [7, 11) is 0. The average molecular weight is 234 g/mol. The summed E-state index contributed by atoms with van der Waals surface area (Å²) in [6.07, 6.45) is 0.505. The van der Waals surface area contributed by atoms with Crippen LogP contribution in [0.15, 0.2) is 24.3 Å². The normalized spacial score (nSPS) is 18.4. The fraction of sp³-hybridized carbons (Fsp3) is 0.500. The number of ether oxygens (including phenoxy) is 2. The van der Waals surface area contributed by atoms with E-state index < -0.39 is 5.41 Å². The van der Waals surface area contributed by atoms with Gasteiger partial charge in [-0.15, -0.1) is 0 Å². The van der Waals surface area contributed by atoms with Crippen LogP contribution in [0.5, 0.6) is 5.75 Å². The molecule has 0 spiro atoms. The molecule has 2 rings (SSSR count). The third-order valence-electron chi connectivity index (χ3n) is 3.34. The number of fused-ring (bicyclic) bond motifs is 1. The van der Waals surface area contributed by atoms with E-state index in [2.05, 4.69) is 0 Å². The molecule has 17 heavy (non-hydrogen) atoms. The number of benzene rings is 1. The van der Waals surface area contributed by atoms with Gasteiger partial charge in [0.25, 0.3) is 0 Å². The molecule has 1 atom stereocenters. The third kappa shape index (κ3) is 2.28. The summed E-state index contributed by atoms with van der Waals surface area (Å²) >= 11 is 0. The zero-order valence-electron chi connectivity index (χ0n) is 10.5. The first-order valence-electron chi connectivity index (χ1n) is 5.97. The van der Waals surface area contributed by atoms with E-state index in [1.54, 1.807) is 0 Å². The van der Waals surface area contributed by atoms with Crippen molar-refractivity contribution < 1.29 is 14.3 Å². The van der Waals surface area contributed by atoms with Crippen LogP contribution in [0.3, 0.4) is 0 Å². The molecule has 0 radical (unpaired) electrons. The van der Waals surface area contributed by atoms with Crippen molar-refractivity contribution in [2.45, 2.75) is 33.3 Å². The van der Waals surface area contributed by atoms with Crippen LogP contribution in [-0.4, -0.2) is 12.6 Å². The van der Waals surface area contributed by atoms with Crippen LogP contribution in [0.4, 0.5) is 0 Å². The average Bonchev–Trinajstić information content (AvgIpc) is 2.73. The Balaban J connectivity index is 2.10. The fourth-order valence-electron chi connectivity index (χ4n) is 1.66. The van der Waals surface area contributed by atoms with Crippen LogP contribution >= 0.6 is 0 Å². The maximum atomic E-state index is 12.0. The van der Waals surface area contributed by atoms with Gasteiger partial charge in [-0.1, -0.05) is 25.1 Å². The molecule has 1 heterocycles. The summed E-state index contributed by atoms with van der Waals surface area (Å²) in [5.41, 5.74) is 0.533. The summed E-state index contributed by atoms with van der Waals surface area (Å²) < 4.78 is 11.0. The maximum absolute atomic E-state index is 12.0. The van der Waals surface area contributed by atoms with Crippen molar-refractivity contribution in [2.75, 3.05) is 6.61 Å². The predicted octanol–water partition coefficient (Wildman–Crippen LogP) is 3.10. The highest BCUT2D eigenvalue weighted by atomic mass is 16.6. The Hall–Kier alpha value is -1.51. The second-order valence-corrected chi connectivity index (χ2v) is 4.98. The lowest BCUT2D eigenvalue weighted by Crippen LogP contribution is -2.27. The van der Waals surface area contributed by atoms with Crippen LogP contribution in [0, 0.1) is 5.41 Å². The van der Waals surface area contributed by atoms with Gasteiger partial charge in [-0.05, 0) is 26.3 Å². The summed E-state index contributed by atoms with van der Waals surface area (Å²) in [4.78, 5) is 12.0. The Morgan fingerprint density at radius 3 is 2.88 bits per heavy atom. The molecule has 0 saturated carbocycles. The summed E-state index contributed by atoms with van der Waals surface area (Å²) in [6.45, 7) is 6.21. The number of hydrogen-bond donors (Lipinski definition) is 0. The van der Waals surface area contributed by atoms with Crippen molar-refractivity contribution in [2.24, 2.45) is 5.41 Å². The van der Waals surface area contributed by atoms with E-state index in [1.807, 2.05) is 45.0 Å². The number of para-hydroxylation sites is 1. The quantitative estimate of drug-likeness (QED) is 0.754. The number of rotatable bonds is 3. The van der Waals surface area contributed by atoms with Crippen molar-refractivity contribution in [3.63, 3.8) is 0 Å². The number of carbonyl (C=O) groups is 1. The van der Waals surface area contributed by atoms with Gasteiger partial charge >= 0.3 is 5.97 Å². The minimum atomic E-state index is -0.433.